The Morgan fingerprint density at radius 3 is 2.49 bits per heavy atom. The molecule has 13 heteroatoms. The molecule has 8 nitrogen and oxygen atoms in total. The van der Waals surface area contributed by atoms with Crippen LogP contribution in [0, 0.1) is 0 Å². The topological polar surface area (TPSA) is 107 Å². The van der Waals surface area contributed by atoms with Crippen LogP contribution in [-0.4, -0.2) is 68.0 Å². The van der Waals surface area contributed by atoms with Crippen molar-refractivity contribution in [2.24, 2.45) is 0 Å². The van der Waals surface area contributed by atoms with Crippen molar-refractivity contribution in [1.29, 1.82) is 0 Å². The molecule has 1 saturated heterocycles. The first kappa shape index (κ1) is 27.2. The van der Waals surface area contributed by atoms with E-state index in [-0.39, 0.29) is 33.0 Å². The number of alkyl halides is 4. The SMILES string of the molecule is CC1CC(F)(F)CN1C(=O)c1nc(C(=O)NC2CC(O)C2)sc1-c1cnc(NC(C)(C)C)cc1C(F)F. The van der Waals surface area contributed by atoms with Crippen molar-refractivity contribution in [3.05, 3.63) is 28.5 Å². The second-order valence-electron chi connectivity index (χ2n) is 10.7. The van der Waals surface area contributed by atoms with Crippen molar-refractivity contribution in [2.75, 3.05) is 11.9 Å². The molecule has 2 aliphatic rings. The number of hydrogen-bond donors (Lipinski definition) is 3. The molecule has 0 aromatic carbocycles. The minimum absolute atomic E-state index is 0.0451. The zero-order chi connectivity index (χ0) is 27.3. The Hall–Kier alpha value is -2.80. The van der Waals surface area contributed by atoms with E-state index in [1.165, 1.54) is 19.2 Å². The third kappa shape index (κ3) is 6.03. The second kappa shape index (κ2) is 9.82. The van der Waals surface area contributed by atoms with Gasteiger partial charge in [0.05, 0.1) is 17.5 Å². The highest BCUT2D eigenvalue weighted by Crippen LogP contribution is 2.40. The molecule has 2 amide bonds. The van der Waals surface area contributed by atoms with E-state index in [4.69, 9.17) is 0 Å². The van der Waals surface area contributed by atoms with Crippen molar-refractivity contribution < 1.29 is 32.3 Å². The van der Waals surface area contributed by atoms with Crippen LogP contribution in [-0.2, 0) is 0 Å². The fraction of sp³-hybridized carbons (Fsp3) is 0.583. The lowest BCUT2D eigenvalue weighted by molar-refractivity contribution is 0.0117. The molecule has 0 spiro atoms. The van der Waals surface area contributed by atoms with Gasteiger partial charge in [0.2, 0.25) is 0 Å². The van der Waals surface area contributed by atoms with Crippen molar-refractivity contribution in [2.45, 2.75) is 83.0 Å². The first-order chi connectivity index (χ1) is 17.1. The summed E-state index contributed by atoms with van der Waals surface area (Å²) in [4.78, 5) is 35.5. The molecule has 1 saturated carbocycles. The standard InChI is InChI=1S/C24H29F4N5O3S/c1-11-8-24(27,28)10-33(11)22(36)17-18(37-21(31-17)20(35)30-12-5-13(34)6-12)15-9-29-16(32-23(2,3)4)7-14(15)19(25)26/h7,9,11-13,19,34H,5-6,8,10H2,1-4H3,(H,29,32)(H,30,35). The van der Waals surface area contributed by atoms with Gasteiger partial charge in [0.15, 0.2) is 5.01 Å². The number of aliphatic hydroxyl groups excluding tert-OH is 1. The fourth-order valence-corrected chi connectivity index (χ4v) is 5.40. The van der Waals surface area contributed by atoms with Crippen molar-refractivity contribution in [3.63, 3.8) is 0 Å². The van der Waals surface area contributed by atoms with Gasteiger partial charge in [0.1, 0.15) is 11.5 Å². The number of pyridine rings is 1. The molecule has 1 aliphatic carbocycles. The monoisotopic (exact) mass is 543 g/mol. The van der Waals surface area contributed by atoms with Crippen LogP contribution in [0.2, 0.25) is 0 Å². The van der Waals surface area contributed by atoms with Gasteiger partial charge in [-0.15, -0.1) is 11.3 Å². The lowest BCUT2D eigenvalue weighted by Crippen LogP contribution is -2.46. The molecule has 1 unspecified atom stereocenters. The summed E-state index contributed by atoms with van der Waals surface area (Å²) in [6.07, 6.45) is -2.12. The maximum Gasteiger partial charge on any atom is 0.280 e. The molecular formula is C24H29F4N5O3S. The molecule has 2 fully saturated rings. The number of rotatable bonds is 6. The number of likely N-dealkylation sites (tertiary alicyclic amines) is 1. The number of halogens is 4. The summed E-state index contributed by atoms with van der Waals surface area (Å²) in [7, 11) is 0. The summed E-state index contributed by atoms with van der Waals surface area (Å²) in [6.45, 7) is 6.15. The first-order valence-electron chi connectivity index (χ1n) is 11.9. The summed E-state index contributed by atoms with van der Waals surface area (Å²) in [5, 5.41) is 15.0. The lowest BCUT2D eigenvalue weighted by atomic mass is 9.89. The molecular weight excluding hydrogens is 514 g/mol. The Morgan fingerprint density at radius 1 is 1.27 bits per heavy atom. The van der Waals surface area contributed by atoms with E-state index in [0.29, 0.717) is 12.8 Å². The van der Waals surface area contributed by atoms with Gasteiger partial charge in [-0.25, -0.2) is 27.5 Å². The summed E-state index contributed by atoms with van der Waals surface area (Å²) in [6, 6.07) is 0.0747. The smallest absolute Gasteiger partial charge is 0.280 e. The van der Waals surface area contributed by atoms with Crippen molar-refractivity contribution >= 4 is 29.0 Å². The van der Waals surface area contributed by atoms with Crippen LogP contribution in [0.1, 0.15) is 79.2 Å². The minimum Gasteiger partial charge on any atom is -0.393 e. The highest BCUT2D eigenvalue weighted by atomic mass is 32.1. The number of aromatic nitrogens is 2. The Kier molecular flexibility index (Phi) is 7.23. The lowest BCUT2D eigenvalue weighted by Gasteiger charge is -2.31. The van der Waals surface area contributed by atoms with Gasteiger partial charge in [0, 0.05) is 41.4 Å². The highest BCUT2D eigenvalue weighted by molar-refractivity contribution is 7.17. The number of amides is 2. The molecule has 2 aromatic heterocycles. The number of carbonyl (C=O) groups is 2. The van der Waals surface area contributed by atoms with Crippen molar-refractivity contribution in [1.82, 2.24) is 20.2 Å². The molecule has 0 bridgehead atoms. The molecule has 202 valence electrons. The number of nitrogens with one attached hydrogen (secondary N) is 2. The van der Waals surface area contributed by atoms with Crippen LogP contribution in [0.4, 0.5) is 23.4 Å². The zero-order valence-electron chi connectivity index (χ0n) is 20.8. The van der Waals surface area contributed by atoms with Gasteiger partial charge < -0.3 is 20.6 Å². The second-order valence-corrected chi connectivity index (χ2v) is 11.7. The zero-order valence-corrected chi connectivity index (χ0v) is 21.6. The van der Waals surface area contributed by atoms with Gasteiger partial charge in [-0.2, -0.15) is 0 Å². The number of thiazole rings is 1. The number of hydrogen-bond acceptors (Lipinski definition) is 7. The number of anilines is 1. The van der Waals surface area contributed by atoms with Crippen LogP contribution >= 0.6 is 11.3 Å². The summed E-state index contributed by atoms with van der Waals surface area (Å²) in [5.74, 6) is -4.41. The van der Waals surface area contributed by atoms with E-state index in [0.717, 1.165) is 16.2 Å². The molecule has 1 aliphatic heterocycles. The highest BCUT2D eigenvalue weighted by Gasteiger charge is 2.46. The first-order valence-corrected chi connectivity index (χ1v) is 12.7. The third-order valence-electron chi connectivity index (χ3n) is 6.18. The average molecular weight is 544 g/mol. The molecule has 37 heavy (non-hydrogen) atoms. The average Bonchev–Trinajstić information content (AvgIpc) is 3.31. The van der Waals surface area contributed by atoms with Crippen molar-refractivity contribution in [3.8, 4) is 10.4 Å². The summed E-state index contributed by atoms with van der Waals surface area (Å²) < 4.78 is 56.4. The third-order valence-corrected chi connectivity index (χ3v) is 7.27. The molecule has 1 atom stereocenters. The van der Waals surface area contributed by atoms with Crippen LogP contribution in [0.15, 0.2) is 12.3 Å². The Balaban J connectivity index is 1.76. The quantitative estimate of drug-likeness (QED) is 0.464. The number of carbonyl (C=O) groups excluding carboxylic acids is 2. The van der Waals surface area contributed by atoms with Crippen LogP contribution in [0.25, 0.3) is 10.4 Å². The number of nitrogens with zero attached hydrogens (tertiary/aromatic N) is 3. The predicted octanol–water partition coefficient (Wildman–Crippen LogP) is 4.48. The predicted molar refractivity (Wildman–Crippen MR) is 130 cm³/mol. The molecule has 0 radical (unpaired) electrons. The van der Waals surface area contributed by atoms with Crippen LogP contribution < -0.4 is 10.6 Å². The van der Waals surface area contributed by atoms with E-state index in [9.17, 15) is 32.3 Å². The molecule has 2 aromatic rings. The largest absolute Gasteiger partial charge is 0.393 e. The molecule has 3 heterocycles. The Bertz CT molecular complexity index is 1190. The van der Waals surface area contributed by atoms with E-state index in [2.05, 4.69) is 20.6 Å². The molecule has 3 N–H and O–H groups in total. The number of aliphatic hydroxyl groups is 1. The molecule has 4 rings (SSSR count). The summed E-state index contributed by atoms with van der Waals surface area (Å²) in [5.41, 5.74) is -1.36. The van der Waals surface area contributed by atoms with Crippen LogP contribution in [0.3, 0.4) is 0 Å². The van der Waals surface area contributed by atoms with Gasteiger partial charge in [0.25, 0.3) is 24.2 Å². The minimum atomic E-state index is -3.09. The van der Waals surface area contributed by atoms with Crippen LogP contribution in [0.5, 0.6) is 0 Å². The normalized spacial score (nSPS) is 23.2. The van der Waals surface area contributed by atoms with Gasteiger partial charge >= 0.3 is 0 Å². The van der Waals surface area contributed by atoms with E-state index >= 15 is 0 Å². The maximum absolute atomic E-state index is 14.2. The van der Waals surface area contributed by atoms with E-state index in [1.54, 1.807) is 0 Å². The van der Waals surface area contributed by atoms with Gasteiger partial charge in [-0.1, -0.05) is 0 Å². The Morgan fingerprint density at radius 2 is 1.95 bits per heavy atom. The summed E-state index contributed by atoms with van der Waals surface area (Å²) >= 11 is 0.722. The van der Waals surface area contributed by atoms with E-state index < -0.39 is 60.4 Å². The Labute approximate surface area is 215 Å². The van der Waals surface area contributed by atoms with E-state index in [1.807, 2.05) is 20.8 Å². The fourth-order valence-electron chi connectivity index (χ4n) is 4.41. The van der Waals surface area contributed by atoms with Gasteiger partial charge in [-0.3, -0.25) is 9.59 Å². The maximum atomic E-state index is 14.2. The van der Waals surface area contributed by atoms with Gasteiger partial charge in [-0.05, 0) is 46.6 Å².